The van der Waals surface area contributed by atoms with Gasteiger partial charge in [-0.3, -0.25) is 9.78 Å². The summed E-state index contributed by atoms with van der Waals surface area (Å²) in [6.07, 6.45) is 3.36. The molecule has 2 aromatic carbocycles. The van der Waals surface area contributed by atoms with Crippen LogP contribution >= 0.6 is 0 Å². The zero-order valence-corrected chi connectivity index (χ0v) is 15.7. The van der Waals surface area contributed by atoms with Crippen LogP contribution in [0.1, 0.15) is 27.0 Å². The van der Waals surface area contributed by atoms with Gasteiger partial charge in [0.1, 0.15) is 0 Å². The third kappa shape index (κ3) is 5.01. The van der Waals surface area contributed by atoms with Gasteiger partial charge in [0.2, 0.25) is 0 Å². The Morgan fingerprint density at radius 2 is 1.74 bits per heavy atom. The molecule has 0 saturated heterocycles. The van der Waals surface area contributed by atoms with Crippen LogP contribution in [0.5, 0.6) is 0 Å². The molecule has 3 aromatic rings. The largest absolute Gasteiger partial charge is 0.348 e. The summed E-state index contributed by atoms with van der Waals surface area (Å²) in [6.45, 7) is 2.27. The average Bonchev–Trinajstić information content (AvgIpc) is 2.67. The summed E-state index contributed by atoms with van der Waals surface area (Å²) < 4.78 is 25.2. The van der Waals surface area contributed by atoms with Gasteiger partial charge in [0.05, 0.1) is 10.6 Å². The Kier molecular flexibility index (Phi) is 5.66. The molecule has 0 atom stereocenters. The highest BCUT2D eigenvalue weighted by Crippen LogP contribution is 2.18. The van der Waals surface area contributed by atoms with Gasteiger partial charge in [-0.2, -0.15) is 0 Å². The van der Waals surface area contributed by atoms with E-state index < -0.39 is 9.84 Å². The van der Waals surface area contributed by atoms with Crippen molar-refractivity contribution in [2.45, 2.75) is 24.1 Å². The van der Waals surface area contributed by atoms with E-state index in [9.17, 15) is 13.2 Å². The van der Waals surface area contributed by atoms with Crippen LogP contribution in [-0.2, 0) is 22.1 Å². The van der Waals surface area contributed by atoms with Crippen molar-refractivity contribution in [3.05, 3.63) is 95.3 Å². The molecule has 1 N–H and O–H groups in total. The van der Waals surface area contributed by atoms with Crippen LogP contribution in [0.15, 0.2) is 78.0 Å². The minimum atomic E-state index is -3.47. The molecule has 1 heterocycles. The van der Waals surface area contributed by atoms with Gasteiger partial charge < -0.3 is 5.32 Å². The Bertz CT molecular complexity index is 1030. The molecule has 5 nitrogen and oxygen atoms in total. The fraction of sp³-hybridized carbons (Fsp3) is 0.143. The van der Waals surface area contributed by atoms with Crippen LogP contribution in [0.2, 0.25) is 0 Å². The quantitative estimate of drug-likeness (QED) is 0.712. The van der Waals surface area contributed by atoms with Crippen molar-refractivity contribution in [3.63, 3.8) is 0 Å². The minimum Gasteiger partial charge on any atom is -0.348 e. The van der Waals surface area contributed by atoms with Crippen LogP contribution < -0.4 is 5.32 Å². The molecule has 0 spiro atoms. The smallest absolute Gasteiger partial charge is 0.251 e. The number of amides is 1. The van der Waals surface area contributed by atoms with Crippen molar-refractivity contribution >= 4 is 15.7 Å². The molecular formula is C21H20N2O3S. The number of carbonyl (C=O) groups is 1. The number of sulfone groups is 1. The Hall–Kier alpha value is -2.99. The van der Waals surface area contributed by atoms with Crippen molar-refractivity contribution < 1.29 is 13.2 Å². The molecule has 1 aromatic heterocycles. The third-order valence-electron chi connectivity index (χ3n) is 4.10. The van der Waals surface area contributed by atoms with Gasteiger partial charge in [0.25, 0.3) is 5.91 Å². The van der Waals surface area contributed by atoms with Crippen molar-refractivity contribution in [2.24, 2.45) is 0 Å². The third-order valence-corrected chi connectivity index (χ3v) is 5.81. The molecule has 3 rings (SSSR count). The first kappa shape index (κ1) is 18.8. The van der Waals surface area contributed by atoms with E-state index >= 15 is 0 Å². The molecule has 0 bridgehead atoms. The van der Waals surface area contributed by atoms with Crippen LogP contribution in [-0.4, -0.2) is 19.3 Å². The van der Waals surface area contributed by atoms with Gasteiger partial charge >= 0.3 is 0 Å². The molecule has 0 aliphatic heterocycles. The second kappa shape index (κ2) is 8.14. The number of rotatable bonds is 6. The van der Waals surface area contributed by atoms with Gasteiger partial charge in [0, 0.05) is 24.5 Å². The van der Waals surface area contributed by atoms with E-state index in [4.69, 9.17) is 0 Å². The number of nitrogens with zero attached hydrogens (tertiary/aromatic N) is 1. The van der Waals surface area contributed by atoms with E-state index in [1.165, 1.54) is 0 Å². The molecule has 0 unspecified atom stereocenters. The Morgan fingerprint density at radius 1 is 1.00 bits per heavy atom. The summed E-state index contributed by atoms with van der Waals surface area (Å²) >= 11 is 0. The van der Waals surface area contributed by atoms with Gasteiger partial charge in [0.15, 0.2) is 9.84 Å². The summed E-state index contributed by atoms with van der Waals surface area (Å²) in [5.74, 6) is -0.409. The van der Waals surface area contributed by atoms with E-state index in [0.717, 1.165) is 11.1 Å². The Balaban J connectivity index is 1.71. The zero-order chi connectivity index (χ0) is 19.3. The second-order valence-corrected chi connectivity index (χ2v) is 8.31. The first-order valence-electron chi connectivity index (χ1n) is 8.49. The van der Waals surface area contributed by atoms with Crippen LogP contribution in [0.4, 0.5) is 0 Å². The lowest BCUT2D eigenvalue weighted by molar-refractivity contribution is 0.0950. The highest BCUT2D eigenvalue weighted by Gasteiger charge is 2.16. The predicted molar refractivity (Wildman–Crippen MR) is 104 cm³/mol. The van der Waals surface area contributed by atoms with Crippen molar-refractivity contribution in [1.82, 2.24) is 10.3 Å². The number of hydrogen-bond acceptors (Lipinski definition) is 4. The maximum atomic E-state index is 12.6. The van der Waals surface area contributed by atoms with Crippen molar-refractivity contribution in [2.75, 3.05) is 0 Å². The van der Waals surface area contributed by atoms with Gasteiger partial charge in [-0.15, -0.1) is 0 Å². The van der Waals surface area contributed by atoms with Crippen LogP contribution in [0, 0.1) is 6.92 Å². The van der Waals surface area contributed by atoms with E-state index in [0.29, 0.717) is 17.7 Å². The lowest BCUT2D eigenvalue weighted by atomic mass is 10.1. The summed E-state index contributed by atoms with van der Waals surface area (Å²) in [6, 6.07) is 17.1. The number of hydrogen-bond donors (Lipinski definition) is 1. The molecule has 0 radical (unpaired) electrons. The van der Waals surface area contributed by atoms with Gasteiger partial charge in [-0.1, -0.05) is 35.9 Å². The van der Waals surface area contributed by atoms with Crippen LogP contribution in [0.3, 0.4) is 0 Å². The number of pyridine rings is 1. The van der Waals surface area contributed by atoms with E-state index in [1.807, 2.05) is 13.0 Å². The number of aryl methyl sites for hydroxylation is 1. The Labute approximate surface area is 159 Å². The average molecular weight is 380 g/mol. The molecular weight excluding hydrogens is 360 g/mol. The molecule has 27 heavy (non-hydrogen) atoms. The number of carbonyl (C=O) groups excluding carboxylic acids is 1. The number of nitrogens with one attached hydrogen (secondary N) is 1. The minimum absolute atomic E-state index is 0.153. The first-order valence-corrected chi connectivity index (χ1v) is 10.1. The highest BCUT2D eigenvalue weighted by molar-refractivity contribution is 7.90. The molecule has 138 valence electrons. The topological polar surface area (TPSA) is 76.1 Å². The highest BCUT2D eigenvalue weighted by atomic mass is 32.2. The standard InChI is InChI=1S/C21H20N2O3S/c1-16-7-9-20(10-8-16)27(25,26)15-17-4-2-6-19(12-17)21(24)23-14-18-5-3-11-22-13-18/h2-13H,14-15H2,1H3,(H,23,24). The maximum Gasteiger partial charge on any atom is 0.251 e. The fourth-order valence-corrected chi connectivity index (χ4v) is 3.97. The van der Waals surface area contributed by atoms with Crippen molar-refractivity contribution in [3.8, 4) is 0 Å². The van der Waals surface area contributed by atoms with Crippen molar-refractivity contribution in [1.29, 1.82) is 0 Å². The SMILES string of the molecule is Cc1ccc(S(=O)(=O)Cc2cccc(C(=O)NCc3cccnc3)c2)cc1. The van der Waals surface area contributed by atoms with E-state index in [1.54, 1.807) is 67.0 Å². The molecule has 1 amide bonds. The molecule has 0 aliphatic carbocycles. The Morgan fingerprint density at radius 3 is 2.44 bits per heavy atom. The van der Waals surface area contributed by atoms with Gasteiger partial charge in [-0.05, 0) is 48.4 Å². The normalized spacial score (nSPS) is 11.1. The fourth-order valence-electron chi connectivity index (χ4n) is 2.64. The summed E-state index contributed by atoms with van der Waals surface area (Å²) in [5, 5.41) is 2.81. The molecule has 0 saturated carbocycles. The lowest BCUT2D eigenvalue weighted by Crippen LogP contribution is -2.23. The summed E-state index contributed by atoms with van der Waals surface area (Å²) in [4.78, 5) is 16.6. The second-order valence-electron chi connectivity index (χ2n) is 6.32. The maximum absolute atomic E-state index is 12.6. The summed E-state index contributed by atoms with van der Waals surface area (Å²) in [7, 11) is -3.47. The molecule has 0 fully saturated rings. The predicted octanol–water partition coefficient (Wildman–Crippen LogP) is 3.29. The summed E-state index contributed by atoms with van der Waals surface area (Å²) in [5.41, 5.74) is 2.89. The monoisotopic (exact) mass is 380 g/mol. The number of aromatic nitrogens is 1. The molecule has 6 heteroatoms. The van der Waals surface area contributed by atoms with E-state index in [2.05, 4.69) is 10.3 Å². The molecule has 0 aliphatic rings. The van der Waals surface area contributed by atoms with E-state index in [-0.39, 0.29) is 16.6 Å². The first-order chi connectivity index (χ1) is 12.9. The van der Waals surface area contributed by atoms with Gasteiger partial charge in [-0.25, -0.2) is 8.42 Å². The lowest BCUT2D eigenvalue weighted by Gasteiger charge is -2.08. The number of benzene rings is 2. The van der Waals surface area contributed by atoms with Crippen LogP contribution in [0.25, 0.3) is 0 Å². The zero-order valence-electron chi connectivity index (χ0n) is 14.9.